The molecule has 0 fully saturated rings. The summed E-state index contributed by atoms with van der Waals surface area (Å²) in [6.07, 6.45) is 1.90. The molecule has 0 saturated heterocycles. The maximum atomic E-state index is 13.0. The first-order chi connectivity index (χ1) is 18.3. The van der Waals surface area contributed by atoms with Gasteiger partial charge in [0.05, 0.1) is 30.3 Å². The van der Waals surface area contributed by atoms with Crippen LogP contribution in [0, 0.1) is 12.3 Å². The average Bonchev–Trinajstić information content (AvgIpc) is 3.57. The van der Waals surface area contributed by atoms with Crippen LogP contribution in [0.4, 0.5) is 0 Å². The molecule has 3 aromatic rings. The van der Waals surface area contributed by atoms with E-state index in [9.17, 15) is 19.5 Å². The van der Waals surface area contributed by atoms with Crippen LogP contribution in [0.1, 0.15) is 30.4 Å². The van der Waals surface area contributed by atoms with E-state index in [1.165, 1.54) is 13.1 Å². The van der Waals surface area contributed by atoms with Crippen LogP contribution in [-0.2, 0) is 27.4 Å². The van der Waals surface area contributed by atoms with Crippen LogP contribution < -0.4 is 11.1 Å². The van der Waals surface area contributed by atoms with Gasteiger partial charge in [-0.1, -0.05) is 54.6 Å². The van der Waals surface area contributed by atoms with Crippen molar-refractivity contribution in [1.82, 2.24) is 5.32 Å². The Morgan fingerprint density at radius 3 is 2.42 bits per heavy atom. The van der Waals surface area contributed by atoms with Gasteiger partial charge in [0, 0.05) is 6.04 Å². The number of benzene rings is 2. The normalized spacial score (nSPS) is 15.0. The van der Waals surface area contributed by atoms with Gasteiger partial charge in [-0.15, -0.1) is 0 Å². The van der Waals surface area contributed by atoms with E-state index in [2.05, 4.69) is 15.5 Å². The average molecular weight is 520 g/mol. The van der Waals surface area contributed by atoms with Crippen LogP contribution in [0.3, 0.4) is 0 Å². The van der Waals surface area contributed by atoms with E-state index in [1.54, 1.807) is 6.92 Å². The van der Waals surface area contributed by atoms with Crippen LogP contribution in [-0.4, -0.2) is 36.2 Å². The number of aliphatic hydroxyl groups is 1. The molecule has 198 valence electrons. The van der Waals surface area contributed by atoms with Crippen molar-refractivity contribution in [2.75, 3.05) is 13.2 Å². The molecule has 38 heavy (non-hydrogen) atoms. The second-order valence-corrected chi connectivity index (χ2v) is 9.44. The first-order valence-electron chi connectivity index (χ1n) is 12.2. The van der Waals surface area contributed by atoms with Crippen molar-refractivity contribution in [2.24, 2.45) is 15.6 Å². The van der Waals surface area contributed by atoms with E-state index < -0.39 is 29.9 Å². The lowest BCUT2D eigenvalue weighted by Crippen LogP contribution is -2.45. The lowest BCUT2D eigenvalue weighted by molar-refractivity contribution is -0.160. The number of aryl methyl sites for hydroxylation is 1. The molecule has 1 amide bonds. The lowest BCUT2D eigenvalue weighted by Gasteiger charge is -2.30. The Balaban J connectivity index is 1.49. The highest BCUT2D eigenvalue weighted by molar-refractivity contribution is 5.94. The van der Waals surface area contributed by atoms with Crippen LogP contribution in [0.15, 0.2) is 90.2 Å². The third-order valence-electron chi connectivity index (χ3n) is 6.41. The molecule has 0 unspecified atom stereocenters. The highest BCUT2D eigenvalue weighted by Gasteiger charge is 2.38. The molecule has 0 saturated carbocycles. The fourth-order valence-electron chi connectivity index (χ4n) is 4.17. The van der Waals surface area contributed by atoms with E-state index in [4.69, 9.17) is 13.6 Å². The minimum absolute atomic E-state index is 0.0877. The van der Waals surface area contributed by atoms with Crippen LogP contribution in [0.2, 0.25) is 0 Å². The van der Waals surface area contributed by atoms with E-state index >= 15 is 0 Å². The highest BCUT2D eigenvalue weighted by atomic mass is 16.6. The number of ether oxygens (including phenoxy) is 1. The lowest BCUT2D eigenvalue weighted by atomic mass is 9.82. The van der Waals surface area contributed by atoms with Crippen LogP contribution >= 0.6 is 0 Å². The topological polar surface area (TPSA) is 144 Å². The van der Waals surface area contributed by atoms with Crippen molar-refractivity contribution in [3.8, 4) is 11.1 Å². The number of nitrogens with one attached hydrogen (secondary N) is 1. The fraction of sp³-hybridized carbons (Fsp3) is 0.321. The fourth-order valence-corrected chi connectivity index (χ4v) is 4.17. The number of hydrogen-bond donors (Lipinski definition) is 2. The van der Waals surface area contributed by atoms with Crippen molar-refractivity contribution in [2.45, 2.75) is 39.3 Å². The highest BCUT2D eigenvalue weighted by Crippen LogP contribution is 2.28. The molecule has 1 aliphatic rings. The van der Waals surface area contributed by atoms with Gasteiger partial charge < -0.3 is 24.0 Å². The molecule has 0 spiro atoms. The van der Waals surface area contributed by atoms with Crippen LogP contribution in [0.25, 0.3) is 11.1 Å². The van der Waals surface area contributed by atoms with Gasteiger partial charge in [-0.2, -0.15) is 10.2 Å². The predicted octanol–water partition coefficient (Wildman–Crippen LogP) is 3.72. The minimum Gasteiger partial charge on any atom is -0.457 e. The largest absolute Gasteiger partial charge is 0.519 e. The molecule has 2 N–H and O–H groups in total. The van der Waals surface area contributed by atoms with Gasteiger partial charge in [0.2, 0.25) is 0 Å². The summed E-state index contributed by atoms with van der Waals surface area (Å²) in [6, 6.07) is 17.4. The molecule has 2 aromatic carbocycles. The Bertz CT molecular complexity index is 1390. The summed E-state index contributed by atoms with van der Waals surface area (Å²) < 4.78 is 15.0. The van der Waals surface area contributed by atoms with E-state index in [0.717, 1.165) is 16.7 Å². The number of carbonyl (C=O) groups excluding carboxylic acids is 2. The van der Waals surface area contributed by atoms with E-state index in [1.807, 2.05) is 54.6 Å². The second-order valence-electron chi connectivity index (χ2n) is 9.44. The summed E-state index contributed by atoms with van der Waals surface area (Å²) in [6.45, 7) is 2.42. The van der Waals surface area contributed by atoms with Crippen LogP contribution in [0.5, 0.6) is 0 Å². The van der Waals surface area contributed by atoms with Gasteiger partial charge in [-0.25, -0.2) is 4.79 Å². The number of azo groups is 1. The SMILES string of the molecule is Cc1oc(=O)oc1COC(=O)[C@](C)(CO)C[C@@H](Cc1ccc(-c2ccccc2)cc1)NC(=O)C1=CN=NC1. The number of hydrogen-bond acceptors (Lipinski definition) is 9. The van der Waals surface area contributed by atoms with Gasteiger partial charge >= 0.3 is 11.8 Å². The molecule has 4 rings (SSSR count). The Morgan fingerprint density at radius 1 is 1.11 bits per heavy atom. The summed E-state index contributed by atoms with van der Waals surface area (Å²) in [7, 11) is 0. The Labute approximate surface area is 219 Å². The number of carbonyl (C=O) groups is 2. The zero-order chi connectivity index (χ0) is 27.1. The van der Waals surface area contributed by atoms with Crippen molar-refractivity contribution >= 4 is 11.9 Å². The van der Waals surface area contributed by atoms with Gasteiger partial charge in [0.1, 0.15) is 0 Å². The summed E-state index contributed by atoms with van der Waals surface area (Å²) >= 11 is 0. The standard InChI is InChI=1S/C28H29N3O7/c1-18-24(38-27(35)37-18)16-36-26(34)28(2,17-32)13-23(31-25(33)22-14-29-30-15-22)12-19-8-10-21(11-9-19)20-6-4-3-5-7-20/h3-11,14,23,32H,12-13,15-17H2,1-2H3,(H,31,33)/t23-,28+/m1/s1. The summed E-state index contributed by atoms with van der Waals surface area (Å²) in [5.74, 6) is -1.64. The number of esters is 1. The second kappa shape index (κ2) is 11.8. The smallest absolute Gasteiger partial charge is 0.457 e. The Morgan fingerprint density at radius 2 is 1.82 bits per heavy atom. The Hall–Kier alpha value is -4.31. The molecule has 0 bridgehead atoms. The number of rotatable bonds is 11. The molecule has 2 atom stereocenters. The summed E-state index contributed by atoms with van der Waals surface area (Å²) in [4.78, 5) is 37.2. The maximum absolute atomic E-state index is 13.0. The van der Waals surface area contributed by atoms with E-state index in [-0.39, 0.29) is 37.0 Å². The zero-order valence-corrected chi connectivity index (χ0v) is 21.2. The van der Waals surface area contributed by atoms with Gasteiger partial charge in [0.15, 0.2) is 18.1 Å². The minimum atomic E-state index is -1.35. The summed E-state index contributed by atoms with van der Waals surface area (Å²) in [5.41, 5.74) is 2.14. The molecule has 2 heterocycles. The quantitative estimate of drug-likeness (QED) is 0.368. The third kappa shape index (κ3) is 6.51. The maximum Gasteiger partial charge on any atom is 0.519 e. The number of nitrogens with zero attached hydrogens (tertiary/aromatic N) is 2. The zero-order valence-electron chi connectivity index (χ0n) is 21.2. The number of amides is 1. The first kappa shape index (κ1) is 26.7. The third-order valence-corrected chi connectivity index (χ3v) is 6.41. The first-order valence-corrected chi connectivity index (χ1v) is 12.2. The van der Waals surface area contributed by atoms with Gasteiger partial charge in [0.25, 0.3) is 5.91 Å². The van der Waals surface area contributed by atoms with Crippen molar-refractivity contribution in [1.29, 1.82) is 0 Å². The van der Waals surface area contributed by atoms with Crippen molar-refractivity contribution in [3.05, 3.63) is 94.1 Å². The summed E-state index contributed by atoms with van der Waals surface area (Å²) in [5, 5.41) is 20.7. The molecular formula is C28H29N3O7. The molecule has 1 aliphatic heterocycles. The molecule has 0 radical (unpaired) electrons. The predicted molar refractivity (Wildman–Crippen MR) is 137 cm³/mol. The van der Waals surface area contributed by atoms with Crippen molar-refractivity contribution in [3.63, 3.8) is 0 Å². The Kier molecular flexibility index (Phi) is 8.32. The molecule has 10 heteroatoms. The number of aliphatic hydroxyl groups excluding tert-OH is 1. The van der Waals surface area contributed by atoms with Gasteiger partial charge in [-0.05, 0) is 43.4 Å². The molecule has 10 nitrogen and oxygen atoms in total. The van der Waals surface area contributed by atoms with Crippen molar-refractivity contribution < 1.29 is 28.3 Å². The van der Waals surface area contributed by atoms with Gasteiger partial charge in [-0.3, -0.25) is 9.59 Å². The monoisotopic (exact) mass is 519 g/mol. The molecule has 0 aliphatic carbocycles. The molecular weight excluding hydrogens is 490 g/mol. The molecule has 1 aromatic heterocycles. The van der Waals surface area contributed by atoms with E-state index in [0.29, 0.717) is 12.0 Å².